The minimum absolute atomic E-state index is 0.0503. The van der Waals surface area contributed by atoms with Gasteiger partial charge >= 0.3 is 0 Å². The van der Waals surface area contributed by atoms with Crippen molar-refractivity contribution < 1.29 is 18.9 Å². The summed E-state index contributed by atoms with van der Waals surface area (Å²) >= 11 is 0. The van der Waals surface area contributed by atoms with Crippen LogP contribution in [0.2, 0.25) is 0 Å². The summed E-state index contributed by atoms with van der Waals surface area (Å²) in [5.41, 5.74) is 0. The van der Waals surface area contributed by atoms with Crippen molar-refractivity contribution in [3.8, 4) is 0 Å². The molecule has 0 spiro atoms. The fourth-order valence-corrected chi connectivity index (χ4v) is 2.27. The quantitative estimate of drug-likeness (QED) is 0.630. The number of hydrogen-bond donors (Lipinski definition) is 0. The van der Waals surface area contributed by atoms with Crippen molar-refractivity contribution in [3.63, 3.8) is 0 Å². The van der Waals surface area contributed by atoms with E-state index in [0.29, 0.717) is 0 Å². The lowest BCUT2D eigenvalue weighted by molar-refractivity contribution is -0.175. The van der Waals surface area contributed by atoms with E-state index in [1.807, 2.05) is 6.92 Å². The second kappa shape index (κ2) is 3.17. The Morgan fingerprint density at radius 3 is 2.07 bits per heavy atom. The van der Waals surface area contributed by atoms with E-state index < -0.39 is 11.6 Å². The largest absolute Gasteiger partial charge is 0.347 e. The average Bonchev–Trinajstić information content (AvgIpc) is 3.04. The number of methoxy groups -OCH3 is 2. The predicted octanol–water partition coefficient (Wildman–Crippen LogP) is 1.29. The van der Waals surface area contributed by atoms with Gasteiger partial charge in [0.15, 0.2) is 0 Å². The Kier molecular flexibility index (Phi) is 2.34. The highest BCUT2D eigenvalue weighted by molar-refractivity contribution is 5.15. The van der Waals surface area contributed by atoms with Crippen molar-refractivity contribution in [2.24, 2.45) is 0 Å². The molecule has 0 saturated carbocycles. The molecular formula is C10H18O4. The molecule has 4 nitrogen and oxygen atoms in total. The average molecular weight is 202 g/mol. The minimum atomic E-state index is -0.665. The summed E-state index contributed by atoms with van der Waals surface area (Å²) in [5, 5.41) is 0. The van der Waals surface area contributed by atoms with Crippen LogP contribution in [-0.2, 0) is 18.9 Å². The van der Waals surface area contributed by atoms with Gasteiger partial charge in [0.1, 0.15) is 12.2 Å². The Balaban J connectivity index is 2.08. The zero-order valence-electron chi connectivity index (χ0n) is 9.20. The molecule has 2 aliphatic heterocycles. The molecule has 0 aromatic carbocycles. The highest BCUT2D eigenvalue weighted by Crippen LogP contribution is 2.59. The molecule has 2 fully saturated rings. The lowest BCUT2D eigenvalue weighted by atomic mass is 10.0. The monoisotopic (exact) mass is 202 g/mol. The Hall–Kier alpha value is -0.160. The summed E-state index contributed by atoms with van der Waals surface area (Å²) in [6.45, 7) is 4.09. The van der Waals surface area contributed by atoms with Crippen LogP contribution in [-0.4, -0.2) is 38.0 Å². The number of hydrogen-bond acceptors (Lipinski definition) is 4. The molecule has 4 atom stereocenters. The normalized spacial score (nSPS) is 50.6. The van der Waals surface area contributed by atoms with Crippen molar-refractivity contribution in [2.75, 3.05) is 14.2 Å². The summed E-state index contributed by atoms with van der Waals surface area (Å²) in [4.78, 5) is 0. The maximum Gasteiger partial charge on any atom is 0.254 e. The highest BCUT2D eigenvalue weighted by Gasteiger charge is 2.81. The molecule has 2 heterocycles. The molecule has 0 aromatic rings. The van der Waals surface area contributed by atoms with Gasteiger partial charge in [-0.15, -0.1) is 0 Å². The first-order valence-electron chi connectivity index (χ1n) is 5.12. The van der Waals surface area contributed by atoms with Gasteiger partial charge in [0.05, 0.1) is 0 Å². The minimum Gasteiger partial charge on any atom is -0.347 e. The molecule has 0 bridgehead atoms. The zero-order chi connectivity index (χ0) is 10.4. The first kappa shape index (κ1) is 10.4. The topological polar surface area (TPSA) is 43.5 Å². The third-order valence-corrected chi connectivity index (χ3v) is 3.16. The molecule has 0 amide bonds. The smallest absolute Gasteiger partial charge is 0.254 e. The van der Waals surface area contributed by atoms with Crippen LogP contribution in [0, 0.1) is 0 Å². The van der Waals surface area contributed by atoms with Crippen molar-refractivity contribution in [1.82, 2.24) is 0 Å². The van der Waals surface area contributed by atoms with Gasteiger partial charge in [-0.05, 0) is 13.3 Å². The Morgan fingerprint density at radius 2 is 1.71 bits per heavy atom. The van der Waals surface area contributed by atoms with Gasteiger partial charge < -0.3 is 18.9 Å². The van der Waals surface area contributed by atoms with Crippen LogP contribution in [0.4, 0.5) is 0 Å². The third kappa shape index (κ3) is 1.08. The van der Waals surface area contributed by atoms with Gasteiger partial charge in [-0.2, -0.15) is 0 Å². The molecular weight excluding hydrogens is 184 g/mol. The zero-order valence-corrected chi connectivity index (χ0v) is 9.20. The van der Waals surface area contributed by atoms with Crippen LogP contribution in [0.15, 0.2) is 0 Å². The van der Waals surface area contributed by atoms with Gasteiger partial charge in [-0.1, -0.05) is 13.3 Å². The SMILES string of the molecule is CCCC1OC1(OC)C1(OC)OC1C. The van der Waals surface area contributed by atoms with Crippen LogP contribution in [0.5, 0.6) is 0 Å². The van der Waals surface area contributed by atoms with Crippen molar-refractivity contribution in [1.29, 1.82) is 0 Å². The summed E-state index contributed by atoms with van der Waals surface area (Å²) in [6, 6.07) is 0. The number of rotatable bonds is 5. The molecule has 0 radical (unpaired) electrons. The van der Waals surface area contributed by atoms with Crippen LogP contribution in [0.1, 0.15) is 26.7 Å². The first-order valence-corrected chi connectivity index (χ1v) is 5.12. The van der Waals surface area contributed by atoms with E-state index in [0.717, 1.165) is 12.8 Å². The van der Waals surface area contributed by atoms with E-state index >= 15 is 0 Å². The lowest BCUT2D eigenvalue weighted by Crippen LogP contribution is -2.41. The fraction of sp³-hybridized carbons (Fsp3) is 1.00. The second-order valence-electron chi connectivity index (χ2n) is 3.90. The van der Waals surface area contributed by atoms with Crippen molar-refractivity contribution >= 4 is 0 Å². The summed E-state index contributed by atoms with van der Waals surface area (Å²) < 4.78 is 21.9. The summed E-state index contributed by atoms with van der Waals surface area (Å²) in [7, 11) is 3.28. The molecule has 2 rings (SSSR count). The molecule has 2 saturated heterocycles. The number of ether oxygens (including phenoxy) is 4. The summed E-state index contributed by atoms with van der Waals surface area (Å²) in [5.74, 6) is -1.32. The van der Waals surface area contributed by atoms with E-state index in [9.17, 15) is 0 Å². The predicted molar refractivity (Wildman–Crippen MR) is 49.8 cm³/mol. The molecule has 14 heavy (non-hydrogen) atoms. The van der Waals surface area contributed by atoms with E-state index in [-0.39, 0.29) is 12.2 Å². The molecule has 2 aliphatic rings. The molecule has 0 aliphatic carbocycles. The van der Waals surface area contributed by atoms with E-state index in [4.69, 9.17) is 18.9 Å². The number of epoxide rings is 2. The van der Waals surface area contributed by atoms with Crippen LogP contribution < -0.4 is 0 Å². The lowest BCUT2D eigenvalue weighted by Gasteiger charge is -2.18. The van der Waals surface area contributed by atoms with Crippen LogP contribution in [0.3, 0.4) is 0 Å². The van der Waals surface area contributed by atoms with Crippen LogP contribution >= 0.6 is 0 Å². The van der Waals surface area contributed by atoms with Crippen molar-refractivity contribution in [2.45, 2.75) is 50.5 Å². The third-order valence-electron chi connectivity index (χ3n) is 3.16. The van der Waals surface area contributed by atoms with E-state index in [1.54, 1.807) is 14.2 Å². The maximum atomic E-state index is 5.61. The maximum absolute atomic E-state index is 5.61. The Bertz CT molecular complexity index is 228. The summed E-state index contributed by atoms with van der Waals surface area (Å²) in [6.07, 6.45) is 2.22. The molecule has 82 valence electrons. The van der Waals surface area contributed by atoms with Crippen LogP contribution in [0.25, 0.3) is 0 Å². The second-order valence-corrected chi connectivity index (χ2v) is 3.90. The molecule has 4 heteroatoms. The standard InChI is InChI=1S/C10H18O4/c1-5-6-8-10(12-4,14-8)9(11-3)7(2)13-9/h7-8H,5-6H2,1-4H3. The fourth-order valence-electron chi connectivity index (χ4n) is 2.27. The Morgan fingerprint density at radius 1 is 1.14 bits per heavy atom. The molecule has 4 unspecified atom stereocenters. The highest BCUT2D eigenvalue weighted by atomic mass is 16.9. The van der Waals surface area contributed by atoms with Gasteiger partial charge in [-0.3, -0.25) is 0 Å². The first-order chi connectivity index (χ1) is 6.66. The van der Waals surface area contributed by atoms with Crippen molar-refractivity contribution in [3.05, 3.63) is 0 Å². The Labute approximate surface area is 84.5 Å². The van der Waals surface area contributed by atoms with Gasteiger partial charge in [0, 0.05) is 14.2 Å². The van der Waals surface area contributed by atoms with Gasteiger partial charge in [0.25, 0.3) is 11.6 Å². The van der Waals surface area contributed by atoms with E-state index in [2.05, 4.69) is 6.92 Å². The molecule has 0 aromatic heterocycles. The molecule has 0 N–H and O–H groups in total. The van der Waals surface area contributed by atoms with E-state index in [1.165, 1.54) is 0 Å². The van der Waals surface area contributed by atoms with Gasteiger partial charge in [-0.25, -0.2) is 0 Å². The van der Waals surface area contributed by atoms with Gasteiger partial charge in [0.2, 0.25) is 0 Å².